The zero-order valence-electron chi connectivity index (χ0n) is 12.7. The topological polar surface area (TPSA) is 43.8 Å². The number of piperidine rings is 1. The number of nitrogens with zero attached hydrogens (tertiary/aromatic N) is 2. The van der Waals surface area contributed by atoms with E-state index in [-0.39, 0.29) is 6.04 Å². The second-order valence-electron chi connectivity index (χ2n) is 6.33. The van der Waals surface area contributed by atoms with Crippen molar-refractivity contribution >= 4 is 5.91 Å². The van der Waals surface area contributed by atoms with Crippen molar-refractivity contribution in [3.63, 3.8) is 0 Å². The molecule has 21 heavy (non-hydrogen) atoms. The Bertz CT molecular complexity index is 509. The Morgan fingerprint density at radius 1 is 1.19 bits per heavy atom. The summed E-state index contributed by atoms with van der Waals surface area (Å²) in [5, 5.41) is 9.59. The van der Waals surface area contributed by atoms with E-state index in [1.165, 1.54) is 5.56 Å². The molecule has 2 saturated heterocycles. The van der Waals surface area contributed by atoms with Crippen LogP contribution in [0.5, 0.6) is 5.75 Å². The second kappa shape index (κ2) is 6.06. The lowest BCUT2D eigenvalue weighted by Gasteiger charge is -2.35. The van der Waals surface area contributed by atoms with Gasteiger partial charge in [-0.1, -0.05) is 12.1 Å². The molecule has 2 heterocycles. The van der Waals surface area contributed by atoms with Gasteiger partial charge in [-0.3, -0.25) is 9.69 Å². The number of likely N-dealkylation sites (tertiary alicyclic amines) is 2. The zero-order valence-corrected chi connectivity index (χ0v) is 12.7. The minimum atomic E-state index is 0.0994. The molecular weight excluding hydrogens is 264 g/mol. The van der Waals surface area contributed by atoms with Crippen molar-refractivity contribution in [1.82, 2.24) is 9.80 Å². The van der Waals surface area contributed by atoms with Gasteiger partial charge in [0.15, 0.2) is 0 Å². The summed E-state index contributed by atoms with van der Waals surface area (Å²) in [7, 11) is 2.05. The zero-order chi connectivity index (χ0) is 14.8. The van der Waals surface area contributed by atoms with Gasteiger partial charge >= 0.3 is 0 Å². The molecule has 0 spiro atoms. The summed E-state index contributed by atoms with van der Waals surface area (Å²) in [4.78, 5) is 16.8. The van der Waals surface area contributed by atoms with Crippen molar-refractivity contribution in [2.75, 3.05) is 26.7 Å². The number of hydrogen-bond donors (Lipinski definition) is 1. The highest BCUT2D eigenvalue weighted by molar-refractivity contribution is 5.82. The predicted molar refractivity (Wildman–Crippen MR) is 82.3 cm³/mol. The van der Waals surface area contributed by atoms with Gasteiger partial charge < -0.3 is 10.0 Å². The van der Waals surface area contributed by atoms with Gasteiger partial charge in [0.1, 0.15) is 5.75 Å². The molecular formula is C17H24N2O2. The summed E-state index contributed by atoms with van der Waals surface area (Å²) in [6, 6.07) is 7.63. The Balaban J connectivity index is 1.59. The van der Waals surface area contributed by atoms with Crippen molar-refractivity contribution in [3.05, 3.63) is 29.8 Å². The van der Waals surface area contributed by atoms with E-state index in [2.05, 4.69) is 18.0 Å². The standard InChI is InChI=1S/C17H24N2O2/c1-18-9-3-6-16(18)17(21)19-10-7-13(8-11-19)14-4-2-5-15(20)12-14/h2,4-5,12-13,16,20H,3,6-11H2,1H3/t16-/m0/s1. The van der Waals surface area contributed by atoms with Gasteiger partial charge in [-0.25, -0.2) is 0 Å². The van der Waals surface area contributed by atoms with E-state index in [0.29, 0.717) is 17.6 Å². The van der Waals surface area contributed by atoms with E-state index in [9.17, 15) is 9.90 Å². The number of phenolic OH excluding ortho intramolecular Hbond substituents is 1. The summed E-state index contributed by atoms with van der Waals surface area (Å²) in [5.41, 5.74) is 1.19. The lowest BCUT2D eigenvalue weighted by molar-refractivity contribution is -0.136. The molecule has 1 N–H and O–H groups in total. The molecule has 1 amide bonds. The maximum atomic E-state index is 12.6. The van der Waals surface area contributed by atoms with E-state index >= 15 is 0 Å². The van der Waals surface area contributed by atoms with Gasteiger partial charge in [0.05, 0.1) is 6.04 Å². The minimum Gasteiger partial charge on any atom is -0.508 e. The van der Waals surface area contributed by atoms with E-state index in [0.717, 1.165) is 45.3 Å². The second-order valence-corrected chi connectivity index (χ2v) is 6.33. The van der Waals surface area contributed by atoms with Crippen LogP contribution in [0.4, 0.5) is 0 Å². The minimum absolute atomic E-state index is 0.0994. The number of benzene rings is 1. The molecule has 1 aromatic carbocycles. The molecule has 0 aliphatic carbocycles. The number of amides is 1. The van der Waals surface area contributed by atoms with Crippen molar-refractivity contribution in [2.24, 2.45) is 0 Å². The molecule has 0 radical (unpaired) electrons. The van der Waals surface area contributed by atoms with Gasteiger partial charge in [-0.05, 0) is 62.9 Å². The van der Waals surface area contributed by atoms with Crippen LogP contribution < -0.4 is 0 Å². The van der Waals surface area contributed by atoms with Crippen molar-refractivity contribution in [3.8, 4) is 5.75 Å². The molecule has 4 nitrogen and oxygen atoms in total. The summed E-state index contributed by atoms with van der Waals surface area (Å²) in [6.45, 7) is 2.71. The Morgan fingerprint density at radius 2 is 1.95 bits per heavy atom. The summed E-state index contributed by atoms with van der Waals surface area (Å²) >= 11 is 0. The number of carbonyl (C=O) groups is 1. The summed E-state index contributed by atoms with van der Waals surface area (Å²) in [5.74, 6) is 1.10. The molecule has 0 saturated carbocycles. The maximum absolute atomic E-state index is 12.6. The first-order valence-electron chi connectivity index (χ1n) is 7.93. The Morgan fingerprint density at radius 3 is 2.57 bits per heavy atom. The van der Waals surface area contributed by atoms with Crippen LogP contribution in [-0.4, -0.2) is 53.5 Å². The monoisotopic (exact) mass is 288 g/mol. The molecule has 1 atom stereocenters. The van der Waals surface area contributed by atoms with Crippen LogP contribution in [-0.2, 0) is 4.79 Å². The smallest absolute Gasteiger partial charge is 0.239 e. The van der Waals surface area contributed by atoms with Gasteiger partial charge in [-0.2, -0.15) is 0 Å². The normalized spacial score (nSPS) is 24.4. The largest absolute Gasteiger partial charge is 0.508 e. The fourth-order valence-corrected chi connectivity index (χ4v) is 3.64. The van der Waals surface area contributed by atoms with Crippen LogP contribution in [0.25, 0.3) is 0 Å². The average molecular weight is 288 g/mol. The van der Waals surface area contributed by atoms with E-state index in [4.69, 9.17) is 0 Å². The number of phenols is 1. The van der Waals surface area contributed by atoms with Gasteiger partial charge in [0.25, 0.3) is 0 Å². The van der Waals surface area contributed by atoms with Crippen molar-refractivity contribution < 1.29 is 9.90 Å². The van der Waals surface area contributed by atoms with Crippen LogP contribution in [0.2, 0.25) is 0 Å². The third-order valence-electron chi connectivity index (χ3n) is 4.95. The highest BCUT2D eigenvalue weighted by Gasteiger charge is 2.33. The Kier molecular flexibility index (Phi) is 4.15. The molecule has 114 valence electrons. The number of aromatic hydroxyl groups is 1. The molecule has 0 bridgehead atoms. The molecule has 1 aromatic rings. The SMILES string of the molecule is CN1CCC[C@H]1C(=O)N1CCC(c2cccc(O)c2)CC1. The highest BCUT2D eigenvalue weighted by Crippen LogP contribution is 2.30. The van der Waals surface area contributed by atoms with Crippen molar-refractivity contribution in [1.29, 1.82) is 0 Å². The van der Waals surface area contributed by atoms with E-state index in [1.54, 1.807) is 6.07 Å². The fourth-order valence-electron chi connectivity index (χ4n) is 3.64. The quantitative estimate of drug-likeness (QED) is 0.907. The van der Waals surface area contributed by atoms with Crippen LogP contribution in [0, 0.1) is 0 Å². The molecule has 0 aromatic heterocycles. The first-order chi connectivity index (χ1) is 10.1. The molecule has 2 fully saturated rings. The summed E-state index contributed by atoms with van der Waals surface area (Å²) < 4.78 is 0. The number of likely N-dealkylation sites (N-methyl/N-ethyl adjacent to an activating group) is 1. The number of rotatable bonds is 2. The molecule has 2 aliphatic rings. The molecule has 0 unspecified atom stereocenters. The maximum Gasteiger partial charge on any atom is 0.239 e. The number of hydrogen-bond acceptors (Lipinski definition) is 3. The van der Waals surface area contributed by atoms with Gasteiger partial charge in [0.2, 0.25) is 5.91 Å². The Hall–Kier alpha value is -1.55. The third-order valence-corrected chi connectivity index (χ3v) is 4.95. The lowest BCUT2D eigenvalue weighted by atomic mass is 9.89. The molecule has 3 rings (SSSR count). The van der Waals surface area contributed by atoms with E-state index in [1.807, 2.05) is 17.0 Å². The fraction of sp³-hybridized carbons (Fsp3) is 0.588. The van der Waals surface area contributed by atoms with Crippen LogP contribution in [0.15, 0.2) is 24.3 Å². The van der Waals surface area contributed by atoms with Gasteiger partial charge in [0, 0.05) is 13.1 Å². The predicted octanol–water partition coefficient (Wildman–Crippen LogP) is 2.19. The first kappa shape index (κ1) is 14.4. The van der Waals surface area contributed by atoms with Crippen LogP contribution in [0.1, 0.15) is 37.2 Å². The number of carbonyl (C=O) groups excluding carboxylic acids is 1. The molecule has 2 aliphatic heterocycles. The van der Waals surface area contributed by atoms with E-state index < -0.39 is 0 Å². The van der Waals surface area contributed by atoms with Crippen molar-refractivity contribution in [2.45, 2.75) is 37.6 Å². The average Bonchev–Trinajstić information content (AvgIpc) is 2.93. The highest BCUT2D eigenvalue weighted by atomic mass is 16.3. The van der Waals surface area contributed by atoms with Gasteiger partial charge in [-0.15, -0.1) is 0 Å². The van der Waals surface area contributed by atoms with Crippen LogP contribution in [0.3, 0.4) is 0 Å². The molecule has 4 heteroatoms. The Labute approximate surface area is 126 Å². The summed E-state index contributed by atoms with van der Waals surface area (Å²) in [6.07, 6.45) is 4.12. The lowest BCUT2D eigenvalue weighted by Crippen LogP contribution is -2.47. The third kappa shape index (κ3) is 3.05. The van der Waals surface area contributed by atoms with Crippen LogP contribution >= 0.6 is 0 Å². The first-order valence-corrected chi connectivity index (χ1v) is 7.93.